The summed E-state index contributed by atoms with van der Waals surface area (Å²) in [6.07, 6.45) is 10.8. The number of ketones is 1. The average Bonchev–Trinajstić information content (AvgIpc) is 2.86. The summed E-state index contributed by atoms with van der Waals surface area (Å²) >= 11 is 0. The smallest absolute Gasteiger partial charge is 0.181 e. The summed E-state index contributed by atoms with van der Waals surface area (Å²) in [7, 11) is 0. The molecule has 2 nitrogen and oxygen atoms in total. The number of allylic oxidation sites excluding steroid dienone is 3. The van der Waals surface area contributed by atoms with Crippen LogP contribution in [0, 0.1) is 40.4 Å². The van der Waals surface area contributed by atoms with Gasteiger partial charge in [-0.3, -0.25) is 4.79 Å². The van der Waals surface area contributed by atoms with Crippen molar-refractivity contribution in [2.45, 2.75) is 66.2 Å². The number of hydrogen-bond donors (Lipinski definition) is 1. The molecule has 3 fully saturated rings. The van der Waals surface area contributed by atoms with Crippen molar-refractivity contribution in [3.63, 3.8) is 0 Å². The molecular weight excluding hydrogens is 296 g/mol. The van der Waals surface area contributed by atoms with Crippen LogP contribution in [-0.2, 0) is 4.79 Å². The zero-order valence-corrected chi connectivity index (χ0v) is 15.6. The molecule has 0 amide bonds. The van der Waals surface area contributed by atoms with Crippen LogP contribution in [0.4, 0.5) is 0 Å². The van der Waals surface area contributed by atoms with Crippen LogP contribution in [0.5, 0.6) is 0 Å². The van der Waals surface area contributed by atoms with E-state index in [4.69, 9.17) is 0 Å². The summed E-state index contributed by atoms with van der Waals surface area (Å²) in [4.78, 5) is 11.9. The molecule has 0 spiro atoms. The summed E-state index contributed by atoms with van der Waals surface area (Å²) in [5.74, 6) is 3.76. The summed E-state index contributed by atoms with van der Waals surface area (Å²) in [6.45, 7) is 9.51. The van der Waals surface area contributed by atoms with Gasteiger partial charge in [0.15, 0.2) is 5.78 Å². The predicted octanol–water partition coefficient (Wildman–Crippen LogP) is 5.45. The van der Waals surface area contributed by atoms with E-state index in [1.54, 1.807) is 0 Å². The number of rotatable bonds is 1. The van der Waals surface area contributed by atoms with E-state index >= 15 is 0 Å². The lowest BCUT2D eigenvalue weighted by molar-refractivity contribution is -0.112. The largest absolute Gasteiger partial charge is 0.511 e. The van der Waals surface area contributed by atoms with Gasteiger partial charge >= 0.3 is 0 Å². The van der Waals surface area contributed by atoms with Gasteiger partial charge in [-0.2, -0.15) is 0 Å². The van der Waals surface area contributed by atoms with Crippen LogP contribution in [0.2, 0.25) is 0 Å². The zero-order valence-electron chi connectivity index (χ0n) is 15.6. The normalized spacial score (nSPS) is 50.5. The first-order chi connectivity index (χ1) is 11.3. The Morgan fingerprint density at radius 3 is 2.62 bits per heavy atom. The van der Waals surface area contributed by atoms with Crippen molar-refractivity contribution >= 4 is 5.78 Å². The van der Waals surface area contributed by atoms with Crippen molar-refractivity contribution in [2.24, 2.45) is 40.4 Å². The fraction of sp³-hybridized carbons (Fsp3) is 0.773. The highest BCUT2D eigenvalue weighted by Gasteiger charge is 2.61. The van der Waals surface area contributed by atoms with E-state index in [2.05, 4.69) is 27.7 Å². The van der Waals surface area contributed by atoms with Crippen molar-refractivity contribution in [1.29, 1.82) is 0 Å². The van der Waals surface area contributed by atoms with Crippen molar-refractivity contribution in [3.8, 4) is 0 Å². The Kier molecular flexibility index (Phi) is 3.57. The van der Waals surface area contributed by atoms with Crippen LogP contribution in [0.25, 0.3) is 0 Å². The second kappa shape index (κ2) is 5.22. The second-order valence-electron chi connectivity index (χ2n) is 9.50. The Morgan fingerprint density at radius 2 is 1.92 bits per heavy atom. The molecule has 0 aromatic carbocycles. The Labute approximate surface area is 146 Å². The first kappa shape index (κ1) is 16.4. The van der Waals surface area contributed by atoms with Gasteiger partial charge in [-0.05, 0) is 80.1 Å². The number of aliphatic hydroxyl groups is 1. The zero-order chi connectivity index (χ0) is 17.3. The van der Waals surface area contributed by atoms with E-state index in [0.717, 1.165) is 18.3 Å². The topological polar surface area (TPSA) is 37.3 Å². The minimum Gasteiger partial charge on any atom is -0.511 e. The van der Waals surface area contributed by atoms with Crippen LogP contribution >= 0.6 is 0 Å². The van der Waals surface area contributed by atoms with Gasteiger partial charge in [0.05, 0.1) is 0 Å². The Hall–Kier alpha value is -1.05. The number of fused-ring (bicyclic) bond motifs is 5. The fourth-order valence-electron chi connectivity index (χ4n) is 7.44. The van der Waals surface area contributed by atoms with Crippen LogP contribution in [-0.4, -0.2) is 10.9 Å². The molecule has 0 radical (unpaired) electrons. The second-order valence-corrected chi connectivity index (χ2v) is 9.50. The summed E-state index contributed by atoms with van der Waals surface area (Å²) in [5, 5.41) is 10.8. The molecule has 0 aromatic heterocycles. The molecule has 1 unspecified atom stereocenters. The third-order valence-electron chi connectivity index (χ3n) is 8.76. The first-order valence-electron chi connectivity index (χ1n) is 9.98. The molecule has 2 heteroatoms. The highest BCUT2D eigenvalue weighted by Crippen LogP contribution is 2.68. The molecule has 0 aromatic rings. The molecule has 4 aliphatic carbocycles. The van der Waals surface area contributed by atoms with E-state index in [9.17, 15) is 9.90 Å². The molecule has 3 saturated carbocycles. The fourth-order valence-corrected chi connectivity index (χ4v) is 7.44. The molecule has 24 heavy (non-hydrogen) atoms. The van der Waals surface area contributed by atoms with Gasteiger partial charge in [0.25, 0.3) is 0 Å². The number of carbonyl (C=O) groups excluding carboxylic acids is 1. The standard InChI is InChI=1S/C22H32O2/c1-5-14-6-7-17-20-13(2)10-15-11-16(23)12-19(24)22(15,4)18(20)8-9-21(14,17)3/h11-14,17-18,20,24H,5-10H2,1-4H3/t13?,14-,17-,18-,20-,21+,22-/m0/s1. The molecule has 0 saturated heterocycles. The molecule has 132 valence electrons. The quantitative estimate of drug-likeness (QED) is 0.694. The molecule has 4 rings (SSSR count). The minimum absolute atomic E-state index is 0.0295. The third kappa shape index (κ3) is 1.92. The van der Waals surface area contributed by atoms with E-state index < -0.39 is 0 Å². The van der Waals surface area contributed by atoms with Crippen LogP contribution in [0.15, 0.2) is 23.5 Å². The maximum atomic E-state index is 11.9. The number of aliphatic hydroxyl groups excluding tert-OH is 1. The molecule has 0 heterocycles. The Bertz CT molecular complexity index is 630. The van der Waals surface area contributed by atoms with Gasteiger partial charge in [0, 0.05) is 11.5 Å². The third-order valence-corrected chi connectivity index (χ3v) is 8.76. The Balaban J connectivity index is 1.76. The van der Waals surface area contributed by atoms with Gasteiger partial charge in [-0.15, -0.1) is 0 Å². The van der Waals surface area contributed by atoms with Gasteiger partial charge in [-0.1, -0.05) is 32.8 Å². The van der Waals surface area contributed by atoms with Crippen LogP contribution in [0.3, 0.4) is 0 Å². The number of hydrogen-bond acceptors (Lipinski definition) is 2. The Morgan fingerprint density at radius 1 is 1.17 bits per heavy atom. The van der Waals surface area contributed by atoms with Crippen molar-refractivity contribution < 1.29 is 9.90 Å². The molecule has 4 aliphatic rings. The van der Waals surface area contributed by atoms with Gasteiger partial charge in [0.2, 0.25) is 0 Å². The lowest BCUT2D eigenvalue weighted by Crippen LogP contribution is -2.53. The first-order valence-corrected chi connectivity index (χ1v) is 9.98. The number of carbonyl (C=O) groups is 1. The maximum absolute atomic E-state index is 11.9. The monoisotopic (exact) mass is 328 g/mol. The van der Waals surface area contributed by atoms with Crippen molar-refractivity contribution in [3.05, 3.63) is 23.5 Å². The molecular formula is C22H32O2. The van der Waals surface area contributed by atoms with E-state index in [0.29, 0.717) is 28.9 Å². The predicted molar refractivity (Wildman–Crippen MR) is 96.5 cm³/mol. The SMILES string of the molecule is CC[C@H]1CC[C@H]2[C@@H]3C(C)CC4=CC(=O)C=C(O)[C@]4(C)[C@H]3CC[C@]12C. The molecule has 7 atom stereocenters. The van der Waals surface area contributed by atoms with Gasteiger partial charge in [0.1, 0.15) is 5.76 Å². The molecule has 1 N–H and O–H groups in total. The van der Waals surface area contributed by atoms with Crippen molar-refractivity contribution in [2.75, 3.05) is 0 Å². The lowest BCUT2D eigenvalue weighted by Gasteiger charge is -2.59. The van der Waals surface area contributed by atoms with Crippen LogP contribution < -0.4 is 0 Å². The summed E-state index contributed by atoms with van der Waals surface area (Å²) < 4.78 is 0. The highest BCUT2D eigenvalue weighted by molar-refractivity contribution is 6.01. The van der Waals surface area contributed by atoms with E-state index in [-0.39, 0.29) is 11.2 Å². The average molecular weight is 328 g/mol. The van der Waals surface area contributed by atoms with Crippen LogP contribution in [0.1, 0.15) is 66.2 Å². The summed E-state index contributed by atoms with van der Waals surface area (Å²) in [5.41, 5.74) is 1.39. The van der Waals surface area contributed by atoms with E-state index in [1.165, 1.54) is 43.8 Å². The molecule has 0 bridgehead atoms. The highest BCUT2D eigenvalue weighted by atomic mass is 16.3. The van der Waals surface area contributed by atoms with E-state index in [1.807, 2.05) is 6.08 Å². The van der Waals surface area contributed by atoms with Gasteiger partial charge in [-0.25, -0.2) is 0 Å². The maximum Gasteiger partial charge on any atom is 0.181 e. The van der Waals surface area contributed by atoms with Crippen molar-refractivity contribution in [1.82, 2.24) is 0 Å². The van der Waals surface area contributed by atoms with Gasteiger partial charge < -0.3 is 5.11 Å². The summed E-state index contributed by atoms with van der Waals surface area (Å²) in [6, 6.07) is 0. The lowest BCUT2D eigenvalue weighted by atomic mass is 9.45. The minimum atomic E-state index is -0.295. The molecule has 0 aliphatic heterocycles.